The number of carbonyl (C=O) groups is 2. The SMILES string of the molecule is CCS(=O)(=O)CCC(NS(=O)(=O)c1cc(N2CCCC2=O)ccc1OC)C(=O)O. The van der Waals surface area contributed by atoms with E-state index in [4.69, 9.17) is 4.74 Å². The molecule has 1 saturated heterocycles. The van der Waals surface area contributed by atoms with E-state index in [1.54, 1.807) is 6.07 Å². The predicted molar refractivity (Wildman–Crippen MR) is 105 cm³/mol. The monoisotopic (exact) mass is 448 g/mol. The van der Waals surface area contributed by atoms with E-state index in [2.05, 4.69) is 0 Å². The Morgan fingerprint density at radius 3 is 2.52 bits per heavy atom. The number of aliphatic carboxylic acids is 1. The maximum absolute atomic E-state index is 12.9. The number of hydrogen-bond acceptors (Lipinski definition) is 7. The molecule has 12 heteroatoms. The highest BCUT2D eigenvalue weighted by molar-refractivity contribution is 7.91. The van der Waals surface area contributed by atoms with E-state index >= 15 is 0 Å². The van der Waals surface area contributed by atoms with E-state index in [0.717, 1.165) is 0 Å². The molecule has 0 aliphatic carbocycles. The Hall–Kier alpha value is -2.18. The van der Waals surface area contributed by atoms with Crippen molar-refractivity contribution in [3.05, 3.63) is 18.2 Å². The molecule has 1 atom stereocenters. The second kappa shape index (κ2) is 9.09. The standard InChI is InChI=1S/C17H24N2O8S2/c1-3-28(23,24)10-8-13(17(21)22)18-29(25,26)15-11-12(6-7-14(15)27-2)19-9-4-5-16(19)20/h6-7,11,13,18H,3-5,8-10H2,1-2H3,(H,21,22). The first kappa shape index (κ1) is 23.1. The zero-order valence-corrected chi connectivity index (χ0v) is 17.8. The molecule has 29 heavy (non-hydrogen) atoms. The number of sulfonamides is 1. The molecule has 0 aromatic heterocycles. The molecule has 1 aliphatic heterocycles. The minimum atomic E-state index is -4.38. The van der Waals surface area contributed by atoms with Gasteiger partial charge in [-0.3, -0.25) is 9.59 Å². The third-order valence-electron chi connectivity index (χ3n) is 4.57. The van der Waals surface area contributed by atoms with Crippen molar-refractivity contribution in [2.75, 3.05) is 30.1 Å². The molecular weight excluding hydrogens is 424 g/mol. The molecule has 1 aliphatic rings. The van der Waals surface area contributed by atoms with Crippen molar-refractivity contribution in [1.82, 2.24) is 4.72 Å². The molecule has 0 saturated carbocycles. The van der Waals surface area contributed by atoms with Crippen molar-refractivity contribution in [2.45, 2.75) is 37.1 Å². The van der Waals surface area contributed by atoms with Crippen LogP contribution in [-0.2, 0) is 29.4 Å². The van der Waals surface area contributed by atoms with Crippen molar-refractivity contribution in [3.8, 4) is 5.75 Å². The van der Waals surface area contributed by atoms with E-state index in [9.17, 15) is 31.5 Å². The van der Waals surface area contributed by atoms with Gasteiger partial charge >= 0.3 is 5.97 Å². The highest BCUT2D eigenvalue weighted by Gasteiger charge is 2.30. The summed E-state index contributed by atoms with van der Waals surface area (Å²) in [5.41, 5.74) is 0.356. The van der Waals surface area contributed by atoms with E-state index in [1.807, 2.05) is 4.72 Å². The lowest BCUT2D eigenvalue weighted by molar-refractivity contribution is -0.139. The molecule has 1 heterocycles. The van der Waals surface area contributed by atoms with Gasteiger partial charge in [0.15, 0.2) is 0 Å². The van der Waals surface area contributed by atoms with E-state index in [1.165, 1.54) is 31.1 Å². The quantitative estimate of drug-likeness (QED) is 0.522. The minimum absolute atomic E-state index is 0.0294. The van der Waals surface area contributed by atoms with E-state index in [-0.39, 0.29) is 22.3 Å². The molecule has 162 valence electrons. The smallest absolute Gasteiger partial charge is 0.321 e. The Morgan fingerprint density at radius 2 is 2.00 bits per heavy atom. The van der Waals surface area contributed by atoms with Gasteiger partial charge in [0, 0.05) is 24.4 Å². The average molecular weight is 449 g/mol. The van der Waals surface area contributed by atoms with Crippen LogP contribution in [0.15, 0.2) is 23.1 Å². The summed E-state index contributed by atoms with van der Waals surface area (Å²) in [5, 5.41) is 9.34. The maximum atomic E-state index is 12.9. The number of carboxylic acid groups (broad SMARTS) is 1. The third-order valence-corrected chi connectivity index (χ3v) is 7.80. The lowest BCUT2D eigenvalue weighted by Crippen LogP contribution is -2.42. The number of anilines is 1. The largest absolute Gasteiger partial charge is 0.495 e. The first-order chi connectivity index (χ1) is 13.5. The second-order valence-electron chi connectivity index (χ2n) is 6.52. The molecule has 1 amide bonds. The molecule has 1 aromatic rings. The van der Waals surface area contributed by atoms with Crippen molar-refractivity contribution < 1.29 is 36.3 Å². The van der Waals surface area contributed by atoms with Crippen LogP contribution in [0.4, 0.5) is 5.69 Å². The van der Waals surface area contributed by atoms with Crippen LogP contribution < -0.4 is 14.4 Å². The molecule has 0 spiro atoms. The van der Waals surface area contributed by atoms with Crippen molar-refractivity contribution >= 4 is 37.4 Å². The summed E-state index contributed by atoms with van der Waals surface area (Å²) in [4.78, 5) is 24.6. The second-order valence-corrected chi connectivity index (χ2v) is 10.7. The van der Waals surface area contributed by atoms with Crippen LogP contribution in [0.3, 0.4) is 0 Å². The van der Waals surface area contributed by atoms with Gasteiger partial charge < -0.3 is 14.7 Å². The van der Waals surface area contributed by atoms with Crippen LogP contribution in [0, 0.1) is 0 Å². The van der Waals surface area contributed by atoms with Crippen LogP contribution in [0.2, 0.25) is 0 Å². The van der Waals surface area contributed by atoms with Gasteiger partial charge in [0.1, 0.15) is 26.5 Å². The molecule has 0 radical (unpaired) electrons. The number of sulfone groups is 1. The topological polar surface area (TPSA) is 147 Å². The summed E-state index contributed by atoms with van der Waals surface area (Å²) in [6, 6.07) is 2.53. The van der Waals surface area contributed by atoms with Gasteiger partial charge in [-0.15, -0.1) is 0 Å². The first-order valence-electron chi connectivity index (χ1n) is 8.94. The van der Waals surface area contributed by atoms with Gasteiger partial charge in [0.2, 0.25) is 15.9 Å². The Bertz CT molecular complexity index is 989. The molecule has 1 aromatic carbocycles. The first-order valence-corrected chi connectivity index (χ1v) is 12.2. The highest BCUT2D eigenvalue weighted by Crippen LogP contribution is 2.31. The van der Waals surface area contributed by atoms with Crippen molar-refractivity contribution in [3.63, 3.8) is 0 Å². The van der Waals surface area contributed by atoms with Gasteiger partial charge in [-0.1, -0.05) is 6.92 Å². The molecule has 2 N–H and O–H groups in total. The summed E-state index contributed by atoms with van der Waals surface area (Å²) in [6.07, 6.45) is 0.592. The Morgan fingerprint density at radius 1 is 1.31 bits per heavy atom. The Labute approximate surface area is 169 Å². The van der Waals surface area contributed by atoms with Crippen LogP contribution in [0.1, 0.15) is 26.2 Å². The Balaban J connectivity index is 2.34. The fourth-order valence-corrected chi connectivity index (χ4v) is 5.19. The normalized spacial score (nSPS) is 16.1. The van der Waals surface area contributed by atoms with Gasteiger partial charge in [0.25, 0.3) is 0 Å². The van der Waals surface area contributed by atoms with Gasteiger partial charge in [-0.2, -0.15) is 4.72 Å². The average Bonchev–Trinajstić information content (AvgIpc) is 3.10. The number of benzene rings is 1. The number of ether oxygens (including phenoxy) is 1. The molecule has 1 fully saturated rings. The van der Waals surface area contributed by atoms with Crippen LogP contribution in [-0.4, -0.2) is 65.0 Å². The Kier molecular flexibility index (Phi) is 7.25. The lowest BCUT2D eigenvalue weighted by Gasteiger charge is -2.20. The third kappa shape index (κ3) is 5.67. The number of methoxy groups -OCH3 is 1. The molecule has 0 bridgehead atoms. The molecular formula is C17H24N2O8S2. The summed E-state index contributed by atoms with van der Waals surface area (Å²) in [5.74, 6) is -2.31. The summed E-state index contributed by atoms with van der Waals surface area (Å²) in [7, 11) is -6.59. The number of nitrogens with one attached hydrogen (secondary N) is 1. The number of rotatable bonds is 10. The molecule has 10 nitrogen and oxygen atoms in total. The van der Waals surface area contributed by atoms with E-state index < -0.39 is 44.0 Å². The highest BCUT2D eigenvalue weighted by atomic mass is 32.2. The number of hydrogen-bond donors (Lipinski definition) is 2. The number of nitrogens with zero attached hydrogens (tertiary/aromatic N) is 1. The minimum Gasteiger partial charge on any atom is -0.495 e. The number of carbonyl (C=O) groups excluding carboxylic acids is 1. The molecule has 1 unspecified atom stereocenters. The fraction of sp³-hybridized carbons (Fsp3) is 0.529. The van der Waals surface area contributed by atoms with Crippen LogP contribution in [0.5, 0.6) is 5.75 Å². The van der Waals surface area contributed by atoms with Crippen molar-refractivity contribution in [1.29, 1.82) is 0 Å². The zero-order chi connectivity index (χ0) is 21.8. The fourth-order valence-electron chi connectivity index (χ4n) is 2.89. The number of carboxylic acids is 1. The summed E-state index contributed by atoms with van der Waals surface area (Å²) < 4.78 is 56.2. The van der Waals surface area contributed by atoms with Gasteiger partial charge in [-0.05, 0) is 31.0 Å². The lowest BCUT2D eigenvalue weighted by atomic mass is 10.2. The summed E-state index contributed by atoms with van der Waals surface area (Å²) in [6.45, 7) is 1.87. The maximum Gasteiger partial charge on any atom is 0.321 e. The van der Waals surface area contributed by atoms with Crippen molar-refractivity contribution in [2.24, 2.45) is 0 Å². The van der Waals surface area contributed by atoms with Crippen LogP contribution >= 0.6 is 0 Å². The van der Waals surface area contributed by atoms with E-state index in [0.29, 0.717) is 25.1 Å². The predicted octanol–water partition coefficient (Wildman–Crippen LogP) is 0.378. The number of amides is 1. The van der Waals surface area contributed by atoms with Gasteiger partial charge in [0.05, 0.1) is 12.9 Å². The van der Waals surface area contributed by atoms with Gasteiger partial charge in [-0.25, -0.2) is 16.8 Å². The zero-order valence-electron chi connectivity index (χ0n) is 16.1. The van der Waals surface area contributed by atoms with Crippen LogP contribution in [0.25, 0.3) is 0 Å². The molecule has 2 rings (SSSR count). The summed E-state index contributed by atoms with van der Waals surface area (Å²) >= 11 is 0.